The van der Waals surface area contributed by atoms with Crippen molar-refractivity contribution in [2.45, 2.75) is 39.0 Å². The number of hydrogen-bond acceptors (Lipinski definition) is 4. The van der Waals surface area contributed by atoms with E-state index >= 15 is 0 Å². The number of nitrogens with zero attached hydrogens (tertiary/aromatic N) is 3. The Balaban J connectivity index is 1.14. The summed E-state index contributed by atoms with van der Waals surface area (Å²) in [6, 6.07) is 12.4. The molecule has 0 bridgehead atoms. The Bertz CT molecular complexity index is 979. The topological polar surface area (TPSA) is 73.9 Å². The number of pyridine rings is 1. The van der Waals surface area contributed by atoms with Gasteiger partial charge < -0.3 is 10.2 Å². The van der Waals surface area contributed by atoms with Gasteiger partial charge in [-0.15, -0.1) is 0 Å². The monoisotopic (exact) mass is 431 g/mol. The van der Waals surface area contributed by atoms with E-state index in [9.17, 15) is 4.79 Å². The fourth-order valence-electron chi connectivity index (χ4n) is 4.40. The highest BCUT2D eigenvalue weighted by atomic mass is 16.2. The van der Waals surface area contributed by atoms with Crippen LogP contribution < -0.4 is 5.32 Å². The van der Waals surface area contributed by atoms with Crippen LogP contribution in [0, 0.1) is 12.8 Å². The standard InChI is InChI=1S/C26H33N5O/c1-20-7-8-23(24-18-29-30-19-24)15-22(20)5-4-11-27-17-21-9-13-31(14-10-21)26(32)16-25-6-2-3-12-28-25/h2-3,6-8,12,15,18-19,21,27H,4-5,9-11,13-14,16-17H2,1H3,(H,29,30). The van der Waals surface area contributed by atoms with Crippen LogP contribution in [0.3, 0.4) is 0 Å². The van der Waals surface area contributed by atoms with Crippen LogP contribution in [-0.4, -0.2) is 52.2 Å². The molecule has 32 heavy (non-hydrogen) atoms. The second-order valence-corrected chi connectivity index (χ2v) is 8.76. The Labute approximate surface area is 190 Å². The number of rotatable bonds is 9. The Morgan fingerprint density at radius 3 is 2.81 bits per heavy atom. The zero-order valence-electron chi connectivity index (χ0n) is 18.9. The molecule has 3 heterocycles. The number of aromatic amines is 1. The van der Waals surface area contributed by atoms with Crippen LogP contribution in [0.4, 0.5) is 0 Å². The average molecular weight is 432 g/mol. The predicted molar refractivity (Wildman–Crippen MR) is 127 cm³/mol. The molecule has 0 radical (unpaired) electrons. The zero-order valence-corrected chi connectivity index (χ0v) is 18.9. The minimum absolute atomic E-state index is 0.197. The Kier molecular flexibility index (Phi) is 7.67. The molecule has 1 aliphatic rings. The maximum Gasteiger partial charge on any atom is 0.228 e. The molecule has 6 nitrogen and oxygen atoms in total. The van der Waals surface area contributed by atoms with Crippen molar-refractivity contribution in [3.8, 4) is 11.1 Å². The van der Waals surface area contributed by atoms with Crippen molar-refractivity contribution in [2.75, 3.05) is 26.2 Å². The van der Waals surface area contributed by atoms with E-state index < -0.39 is 0 Å². The van der Waals surface area contributed by atoms with Crippen LogP contribution in [0.2, 0.25) is 0 Å². The summed E-state index contributed by atoms with van der Waals surface area (Å²) in [5.41, 5.74) is 5.96. The van der Waals surface area contributed by atoms with Crippen molar-refractivity contribution in [3.63, 3.8) is 0 Å². The number of nitrogens with one attached hydrogen (secondary N) is 2. The normalized spacial score (nSPS) is 14.6. The molecule has 0 saturated carbocycles. The summed E-state index contributed by atoms with van der Waals surface area (Å²) in [5.74, 6) is 0.850. The number of benzene rings is 1. The third kappa shape index (κ3) is 6.04. The smallest absolute Gasteiger partial charge is 0.228 e. The lowest BCUT2D eigenvalue weighted by Gasteiger charge is -2.32. The van der Waals surface area contributed by atoms with E-state index in [4.69, 9.17) is 0 Å². The van der Waals surface area contributed by atoms with Gasteiger partial charge in [0.2, 0.25) is 5.91 Å². The van der Waals surface area contributed by atoms with Crippen molar-refractivity contribution in [1.82, 2.24) is 25.4 Å². The van der Waals surface area contributed by atoms with Crippen LogP contribution in [-0.2, 0) is 17.6 Å². The first-order valence-corrected chi connectivity index (χ1v) is 11.7. The molecule has 3 aromatic rings. The maximum absolute atomic E-state index is 12.5. The first kappa shape index (κ1) is 22.2. The molecule has 1 saturated heterocycles. The van der Waals surface area contributed by atoms with Gasteiger partial charge in [-0.3, -0.25) is 14.9 Å². The molecule has 1 aromatic carbocycles. The molecule has 0 unspecified atom stereocenters. The van der Waals surface area contributed by atoms with Gasteiger partial charge in [-0.05, 0) is 80.4 Å². The highest BCUT2D eigenvalue weighted by Crippen LogP contribution is 2.22. The van der Waals surface area contributed by atoms with Gasteiger partial charge in [0.1, 0.15) is 0 Å². The van der Waals surface area contributed by atoms with Crippen LogP contribution in [0.5, 0.6) is 0 Å². The van der Waals surface area contributed by atoms with E-state index in [1.807, 2.05) is 35.5 Å². The van der Waals surface area contributed by atoms with Crippen molar-refractivity contribution >= 4 is 5.91 Å². The summed E-state index contributed by atoms with van der Waals surface area (Å²) in [7, 11) is 0. The highest BCUT2D eigenvalue weighted by Gasteiger charge is 2.22. The lowest BCUT2D eigenvalue weighted by Crippen LogP contribution is -2.41. The summed E-state index contributed by atoms with van der Waals surface area (Å²) in [6.45, 7) is 5.96. The van der Waals surface area contributed by atoms with Gasteiger partial charge in [0.25, 0.3) is 0 Å². The number of hydrogen-bond donors (Lipinski definition) is 2. The molecule has 1 fully saturated rings. The van der Waals surface area contributed by atoms with E-state index in [0.717, 1.165) is 63.1 Å². The van der Waals surface area contributed by atoms with Crippen molar-refractivity contribution in [1.29, 1.82) is 0 Å². The predicted octanol–water partition coefficient (Wildman–Crippen LogP) is 3.78. The summed E-state index contributed by atoms with van der Waals surface area (Å²) in [6.07, 6.45) is 10.3. The maximum atomic E-state index is 12.5. The molecule has 4 rings (SSSR count). The number of carbonyl (C=O) groups excluding carboxylic acids is 1. The number of amides is 1. The quantitative estimate of drug-likeness (QED) is 0.506. The fourth-order valence-corrected chi connectivity index (χ4v) is 4.40. The van der Waals surface area contributed by atoms with Crippen LogP contribution in [0.25, 0.3) is 11.1 Å². The Morgan fingerprint density at radius 1 is 1.19 bits per heavy atom. The van der Waals surface area contributed by atoms with Crippen LogP contribution >= 0.6 is 0 Å². The number of likely N-dealkylation sites (tertiary alicyclic amines) is 1. The third-order valence-electron chi connectivity index (χ3n) is 6.44. The highest BCUT2D eigenvalue weighted by molar-refractivity contribution is 5.78. The van der Waals surface area contributed by atoms with Gasteiger partial charge in [0.15, 0.2) is 0 Å². The van der Waals surface area contributed by atoms with Gasteiger partial charge in [-0.1, -0.05) is 24.3 Å². The van der Waals surface area contributed by atoms with E-state index in [0.29, 0.717) is 12.3 Å². The molecular formula is C26H33N5O. The minimum Gasteiger partial charge on any atom is -0.342 e. The summed E-state index contributed by atoms with van der Waals surface area (Å²) < 4.78 is 0. The lowest BCUT2D eigenvalue weighted by atomic mass is 9.96. The van der Waals surface area contributed by atoms with Gasteiger partial charge in [0.05, 0.1) is 12.6 Å². The molecule has 0 aliphatic carbocycles. The van der Waals surface area contributed by atoms with E-state index in [-0.39, 0.29) is 5.91 Å². The van der Waals surface area contributed by atoms with Crippen molar-refractivity contribution in [3.05, 3.63) is 71.8 Å². The van der Waals surface area contributed by atoms with Gasteiger partial charge >= 0.3 is 0 Å². The number of aromatic nitrogens is 3. The molecular weight excluding hydrogens is 398 g/mol. The SMILES string of the molecule is Cc1ccc(-c2cn[nH]c2)cc1CCCNCC1CCN(C(=O)Cc2ccccn2)CC1. The number of aryl methyl sites for hydroxylation is 2. The molecule has 2 aromatic heterocycles. The molecule has 0 spiro atoms. The molecule has 168 valence electrons. The van der Waals surface area contributed by atoms with Crippen molar-refractivity contribution < 1.29 is 4.79 Å². The fraction of sp³-hybridized carbons (Fsp3) is 0.423. The Hall–Kier alpha value is -2.99. The molecule has 1 amide bonds. The summed E-state index contributed by atoms with van der Waals surface area (Å²) in [4.78, 5) is 18.8. The van der Waals surface area contributed by atoms with Crippen molar-refractivity contribution in [2.24, 2.45) is 5.92 Å². The van der Waals surface area contributed by atoms with Gasteiger partial charge in [0, 0.05) is 36.7 Å². The van der Waals surface area contributed by atoms with Crippen LogP contribution in [0.1, 0.15) is 36.1 Å². The van der Waals surface area contributed by atoms with E-state index in [1.54, 1.807) is 6.20 Å². The average Bonchev–Trinajstić information content (AvgIpc) is 3.36. The van der Waals surface area contributed by atoms with E-state index in [1.165, 1.54) is 16.7 Å². The molecule has 0 atom stereocenters. The summed E-state index contributed by atoms with van der Waals surface area (Å²) >= 11 is 0. The lowest BCUT2D eigenvalue weighted by molar-refractivity contribution is -0.131. The Morgan fingerprint density at radius 2 is 2.06 bits per heavy atom. The molecule has 2 N–H and O–H groups in total. The van der Waals surface area contributed by atoms with Crippen LogP contribution in [0.15, 0.2) is 55.0 Å². The van der Waals surface area contributed by atoms with E-state index in [2.05, 4.69) is 45.6 Å². The van der Waals surface area contributed by atoms with Gasteiger partial charge in [-0.2, -0.15) is 5.10 Å². The molecule has 1 aliphatic heterocycles. The van der Waals surface area contributed by atoms with Gasteiger partial charge in [-0.25, -0.2) is 0 Å². The third-order valence-corrected chi connectivity index (χ3v) is 6.44. The number of H-pyrrole nitrogens is 1. The minimum atomic E-state index is 0.197. The first-order chi connectivity index (χ1) is 15.7. The second kappa shape index (κ2) is 11.0. The summed E-state index contributed by atoms with van der Waals surface area (Å²) in [5, 5.41) is 10.6. The largest absolute Gasteiger partial charge is 0.342 e. The second-order valence-electron chi connectivity index (χ2n) is 8.76. The molecule has 6 heteroatoms. The number of carbonyl (C=O) groups is 1. The number of piperidine rings is 1. The zero-order chi connectivity index (χ0) is 22.2. The first-order valence-electron chi connectivity index (χ1n) is 11.7.